The average Bonchev–Trinajstić information content (AvgIpc) is 2.30. The molecule has 0 radical (unpaired) electrons. The molecule has 6 heteroatoms. The molecule has 0 unspecified atom stereocenters. The molecule has 0 spiro atoms. The number of carboxylic acids is 1. The normalized spacial score (nSPS) is 21.3. The smallest absolute Gasteiger partial charge is 0.334 e. The fraction of sp³-hybridized carbons (Fsp3) is 0.444. The molecule has 2 rings (SSSR count). The van der Waals surface area contributed by atoms with Crippen LogP contribution < -0.4 is 4.90 Å². The molecular formula is C9H11N3O3. The number of hydrogen-bond donors (Lipinski definition) is 1. The van der Waals surface area contributed by atoms with Gasteiger partial charge in [-0.15, -0.1) is 0 Å². The molecule has 1 fully saturated rings. The fourth-order valence-electron chi connectivity index (χ4n) is 1.49. The summed E-state index contributed by atoms with van der Waals surface area (Å²) in [6.07, 6.45) is 4.01. The topological polar surface area (TPSA) is 75.5 Å². The van der Waals surface area contributed by atoms with Crippen LogP contribution in [0.3, 0.4) is 0 Å². The lowest BCUT2D eigenvalue weighted by atomic mass is 10.2. The van der Waals surface area contributed by atoms with Crippen LogP contribution in [-0.4, -0.2) is 46.8 Å². The molecule has 1 aromatic heterocycles. The zero-order chi connectivity index (χ0) is 10.7. The zero-order valence-electron chi connectivity index (χ0n) is 8.04. The van der Waals surface area contributed by atoms with Crippen molar-refractivity contribution < 1.29 is 14.6 Å². The lowest BCUT2D eigenvalue weighted by Crippen LogP contribution is -2.46. The number of anilines is 1. The Morgan fingerprint density at radius 1 is 1.53 bits per heavy atom. The fourth-order valence-corrected chi connectivity index (χ4v) is 1.49. The van der Waals surface area contributed by atoms with Crippen molar-refractivity contribution in [3.8, 4) is 0 Å². The van der Waals surface area contributed by atoms with Crippen molar-refractivity contribution in [1.29, 1.82) is 0 Å². The number of carbonyl (C=O) groups is 1. The maximum Gasteiger partial charge on any atom is 0.334 e. The van der Waals surface area contributed by atoms with Crippen molar-refractivity contribution in [2.24, 2.45) is 0 Å². The summed E-state index contributed by atoms with van der Waals surface area (Å²) in [6, 6.07) is 0. The van der Waals surface area contributed by atoms with Crippen molar-refractivity contribution >= 4 is 11.7 Å². The quantitative estimate of drug-likeness (QED) is 0.724. The molecule has 1 atom stereocenters. The van der Waals surface area contributed by atoms with Crippen LogP contribution in [0.25, 0.3) is 0 Å². The highest BCUT2D eigenvalue weighted by Crippen LogP contribution is 2.14. The standard InChI is InChI=1S/C9H11N3O3/c13-9(14)8-5-12(1-2-15-8)7-3-10-6-11-4-7/h3-4,6,8H,1-2,5H2,(H,13,14)/t8-/m0/s1. The van der Waals surface area contributed by atoms with E-state index in [1.807, 2.05) is 4.90 Å². The third-order valence-corrected chi connectivity index (χ3v) is 2.25. The van der Waals surface area contributed by atoms with Gasteiger partial charge in [0.2, 0.25) is 0 Å². The SMILES string of the molecule is O=C(O)[C@@H]1CN(c2cncnc2)CCO1. The van der Waals surface area contributed by atoms with Crippen molar-refractivity contribution in [1.82, 2.24) is 9.97 Å². The van der Waals surface area contributed by atoms with Gasteiger partial charge in [-0.25, -0.2) is 14.8 Å². The van der Waals surface area contributed by atoms with Crippen LogP contribution in [0.2, 0.25) is 0 Å². The van der Waals surface area contributed by atoms with E-state index in [4.69, 9.17) is 9.84 Å². The molecule has 0 aromatic carbocycles. The van der Waals surface area contributed by atoms with Crippen LogP contribution in [0.5, 0.6) is 0 Å². The van der Waals surface area contributed by atoms with E-state index in [-0.39, 0.29) is 0 Å². The zero-order valence-corrected chi connectivity index (χ0v) is 8.04. The third kappa shape index (κ3) is 2.21. The molecule has 1 N–H and O–H groups in total. The molecule has 0 saturated carbocycles. The summed E-state index contributed by atoms with van der Waals surface area (Å²) in [5.41, 5.74) is 0.826. The number of ether oxygens (including phenoxy) is 1. The number of carboxylic acid groups (broad SMARTS) is 1. The molecule has 1 aliphatic heterocycles. The minimum absolute atomic E-state index is 0.336. The monoisotopic (exact) mass is 209 g/mol. The Kier molecular flexibility index (Phi) is 2.77. The Balaban J connectivity index is 2.08. The van der Waals surface area contributed by atoms with Crippen LogP contribution in [0.15, 0.2) is 18.7 Å². The third-order valence-electron chi connectivity index (χ3n) is 2.25. The first kappa shape index (κ1) is 9.85. The van der Waals surface area contributed by atoms with Gasteiger partial charge in [0.1, 0.15) is 6.33 Å². The Bertz CT molecular complexity index is 344. The highest BCUT2D eigenvalue weighted by atomic mass is 16.5. The van der Waals surface area contributed by atoms with E-state index in [1.54, 1.807) is 12.4 Å². The molecular weight excluding hydrogens is 198 g/mol. The van der Waals surface area contributed by atoms with E-state index in [9.17, 15) is 4.79 Å². The van der Waals surface area contributed by atoms with Crippen molar-refractivity contribution in [2.75, 3.05) is 24.6 Å². The van der Waals surface area contributed by atoms with Crippen LogP contribution in [0, 0.1) is 0 Å². The maximum absolute atomic E-state index is 10.7. The van der Waals surface area contributed by atoms with Gasteiger partial charge >= 0.3 is 5.97 Å². The molecule has 0 bridgehead atoms. The molecule has 1 aromatic rings. The number of morpholine rings is 1. The van der Waals surface area contributed by atoms with E-state index >= 15 is 0 Å². The lowest BCUT2D eigenvalue weighted by molar-refractivity contribution is -0.150. The highest BCUT2D eigenvalue weighted by molar-refractivity contribution is 5.73. The Morgan fingerprint density at radius 2 is 2.27 bits per heavy atom. The second-order valence-electron chi connectivity index (χ2n) is 3.24. The summed E-state index contributed by atoms with van der Waals surface area (Å²) in [6.45, 7) is 1.41. The Hall–Kier alpha value is -1.69. The molecule has 15 heavy (non-hydrogen) atoms. The van der Waals surface area contributed by atoms with Gasteiger partial charge in [0.25, 0.3) is 0 Å². The molecule has 0 amide bonds. The minimum atomic E-state index is -0.934. The summed E-state index contributed by atoms with van der Waals surface area (Å²) in [4.78, 5) is 20.4. The summed E-state index contributed by atoms with van der Waals surface area (Å²) < 4.78 is 5.11. The van der Waals surface area contributed by atoms with Gasteiger partial charge < -0.3 is 14.7 Å². The summed E-state index contributed by atoms with van der Waals surface area (Å²) in [5, 5.41) is 8.82. The summed E-state index contributed by atoms with van der Waals surface area (Å²) >= 11 is 0. The molecule has 6 nitrogen and oxygen atoms in total. The van der Waals surface area contributed by atoms with Crippen LogP contribution in [0.4, 0.5) is 5.69 Å². The molecule has 1 aliphatic rings. The van der Waals surface area contributed by atoms with Gasteiger partial charge in [0.05, 0.1) is 31.2 Å². The van der Waals surface area contributed by atoms with Crippen LogP contribution >= 0.6 is 0 Å². The van der Waals surface area contributed by atoms with Gasteiger partial charge in [-0.1, -0.05) is 0 Å². The van der Waals surface area contributed by atoms with Gasteiger partial charge in [0.15, 0.2) is 6.10 Å². The van der Waals surface area contributed by atoms with E-state index in [2.05, 4.69) is 9.97 Å². The molecule has 1 saturated heterocycles. The Labute approximate surface area is 86.5 Å². The largest absolute Gasteiger partial charge is 0.479 e. The lowest BCUT2D eigenvalue weighted by Gasteiger charge is -2.31. The summed E-state index contributed by atoms with van der Waals surface area (Å²) in [7, 11) is 0. The maximum atomic E-state index is 10.7. The average molecular weight is 209 g/mol. The molecule has 80 valence electrons. The number of nitrogens with zero attached hydrogens (tertiary/aromatic N) is 3. The van der Waals surface area contributed by atoms with Gasteiger partial charge in [-0.3, -0.25) is 0 Å². The van der Waals surface area contributed by atoms with Crippen molar-refractivity contribution in [3.63, 3.8) is 0 Å². The first-order chi connectivity index (χ1) is 7.27. The number of rotatable bonds is 2. The molecule has 0 aliphatic carbocycles. The highest BCUT2D eigenvalue weighted by Gasteiger charge is 2.26. The second kappa shape index (κ2) is 4.22. The van der Waals surface area contributed by atoms with E-state index in [0.717, 1.165) is 5.69 Å². The predicted molar refractivity (Wildman–Crippen MR) is 51.6 cm³/mol. The first-order valence-electron chi connectivity index (χ1n) is 4.62. The predicted octanol–water partition coefficient (Wildman–Crippen LogP) is -0.234. The van der Waals surface area contributed by atoms with Crippen molar-refractivity contribution in [2.45, 2.75) is 6.10 Å². The van der Waals surface area contributed by atoms with Crippen LogP contribution in [-0.2, 0) is 9.53 Å². The Morgan fingerprint density at radius 3 is 2.93 bits per heavy atom. The van der Waals surface area contributed by atoms with E-state index in [0.29, 0.717) is 19.7 Å². The summed E-state index contributed by atoms with van der Waals surface area (Å²) in [5.74, 6) is -0.934. The van der Waals surface area contributed by atoms with E-state index < -0.39 is 12.1 Å². The number of aliphatic carboxylic acids is 1. The van der Waals surface area contributed by atoms with E-state index in [1.165, 1.54) is 6.33 Å². The number of aromatic nitrogens is 2. The second-order valence-corrected chi connectivity index (χ2v) is 3.24. The van der Waals surface area contributed by atoms with Crippen LogP contribution in [0.1, 0.15) is 0 Å². The number of hydrogen-bond acceptors (Lipinski definition) is 5. The molecule has 2 heterocycles. The van der Waals surface area contributed by atoms with Crippen molar-refractivity contribution in [3.05, 3.63) is 18.7 Å². The van der Waals surface area contributed by atoms with Gasteiger partial charge in [-0.2, -0.15) is 0 Å². The minimum Gasteiger partial charge on any atom is -0.479 e. The first-order valence-corrected chi connectivity index (χ1v) is 4.62. The van der Waals surface area contributed by atoms with Gasteiger partial charge in [0, 0.05) is 6.54 Å². The van der Waals surface area contributed by atoms with Gasteiger partial charge in [-0.05, 0) is 0 Å².